The Morgan fingerprint density at radius 2 is 2.12 bits per heavy atom. The average Bonchev–Trinajstić information content (AvgIpc) is 2.25. The molecule has 1 atom stereocenters. The molecular formula is C11H15N3O2S. The first-order valence-corrected chi connectivity index (χ1v) is 6.06. The Bertz CT molecular complexity index is 395. The van der Waals surface area contributed by atoms with Crippen molar-refractivity contribution >= 4 is 23.7 Å². The van der Waals surface area contributed by atoms with Gasteiger partial charge in [-0.25, -0.2) is 9.78 Å². The number of aromatic nitrogens is 1. The summed E-state index contributed by atoms with van der Waals surface area (Å²) in [7, 11) is 0. The fraction of sp³-hybridized carbons (Fsp3) is 0.364. The predicted molar refractivity (Wildman–Crippen MR) is 66.4 cm³/mol. The van der Waals surface area contributed by atoms with E-state index in [0.717, 1.165) is 5.03 Å². The summed E-state index contributed by atoms with van der Waals surface area (Å²) >= 11 is 1.32. The second-order valence-electron chi connectivity index (χ2n) is 3.80. The van der Waals surface area contributed by atoms with Gasteiger partial charge in [-0.15, -0.1) is 0 Å². The van der Waals surface area contributed by atoms with Crippen LogP contribution in [0, 0.1) is 5.92 Å². The van der Waals surface area contributed by atoms with Gasteiger partial charge in [0.25, 0.3) is 0 Å². The largest absolute Gasteiger partial charge is 0.351 e. The first-order chi connectivity index (χ1) is 8.00. The van der Waals surface area contributed by atoms with Gasteiger partial charge in [-0.3, -0.25) is 10.1 Å². The maximum atomic E-state index is 11.7. The Morgan fingerprint density at radius 1 is 1.41 bits per heavy atom. The van der Waals surface area contributed by atoms with Crippen molar-refractivity contribution in [3.63, 3.8) is 0 Å². The number of primary amides is 1. The predicted octanol–water partition coefficient (Wildman–Crippen LogP) is 1.39. The Labute approximate surface area is 104 Å². The molecule has 0 fully saturated rings. The lowest BCUT2D eigenvalue weighted by Gasteiger charge is -2.18. The number of thioether (sulfide) groups is 1. The second kappa shape index (κ2) is 6.24. The SMILES string of the molecule is CC(C)C(Sc1ccccn1)C(=O)NC(N)=O. The van der Waals surface area contributed by atoms with Crippen LogP contribution in [0.1, 0.15) is 13.8 Å². The molecule has 0 bridgehead atoms. The van der Waals surface area contributed by atoms with Gasteiger partial charge in [0.05, 0.1) is 10.3 Å². The van der Waals surface area contributed by atoms with Crippen LogP contribution in [0.4, 0.5) is 4.79 Å². The summed E-state index contributed by atoms with van der Waals surface area (Å²) in [4.78, 5) is 26.5. The summed E-state index contributed by atoms with van der Waals surface area (Å²) in [5, 5.41) is 2.45. The average molecular weight is 253 g/mol. The van der Waals surface area contributed by atoms with Crippen LogP contribution in [0.3, 0.4) is 0 Å². The van der Waals surface area contributed by atoms with E-state index in [-0.39, 0.29) is 11.8 Å². The molecule has 5 nitrogen and oxygen atoms in total. The fourth-order valence-corrected chi connectivity index (χ4v) is 2.21. The van der Waals surface area contributed by atoms with E-state index >= 15 is 0 Å². The van der Waals surface area contributed by atoms with Crippen LogP contribution >= 0.6 is 11.8 Å². The van der Waals surface area contributed by atoms with Crippen LogP contribution in [-0.2, 0) is 4.79 Å². The van der Waals surface area contributed by atoms with Crippen LogP contribution < -0.4 is 11.1 Å². The molecular weight excluding hydrogens is 238 g/mol. The van der Waals surface area contributed by atoms with Crippen molar-refractivity contribution in [2.75, 3.05) is 0 Å². The topological polar surface area (TPSA) is 85.1 Å². The van der Waals surface area contributed by atoms with E-state index in [1.165, 1.54) is 11.8 Å². The zero-order chi connectivity index (χ0) is 12.8. The molecule has 17 heavy (non-hydrogen) atoms. The van der Waals surface area contributed by atoms with Gasteiger partial charge in [0.2, 0.25) is 5.91 Å². The van der Waals surface area contributed by atoms with Gasteiger partial charge in [0, 0.05) is 6.20 Å². The van der Waals surface area contributed by atoms with E-state index < -0.39 is 11.3 Å². The molecule has 3 amide bonds. The normalized spacial score (nSPS) is 12.2. The summed E-state index contributed by atoms with van der Waals surface area (Å²) in [5.74, 6) is -0.315. The number of rotatable bonds is 4. The van der Waals surface area contributed by atoms with E-state index in [9.17, 15) is 9.59 Å². The van der Waals surface area contributed by atoms with Crippen LogP contribution in [-0.4, -0.2) is 22.2 Å². The molecule has 0 saturated heterocycles. The van der Waals surface area contributed by atoms with Gasteiger partial charge in [-0.05, 0) is 18.1 Å². The first kappa shape index (κ1) is 13.5. The lowest BCUT2D eigenvalue weighted by atomic mass is 10.1. The maximum absolute atomic E-state index is 11.7. The molecule has 1 aromatic heterocycles. The second-order valence-corrected chi connectivity index (χ2v) is 4.97. The highest BCUT2D eigenvalue weighted by molar-refractivity contribution is 8.00. The van der Waals surface area contributed by atoms with E-state index in [2.05, 4.69) is 10.3 Å². The number of carbonyl (C=O) groups excluding carboxylic acids is 2. The molecule has 0 radical (unpaired) electrons. The lowest BCUT2D eigenvalue weighted by Crippen LogP contribution is -2.42. The molecule has 1 aromatic rings. The first-order valence-electron chi connectivity index (χ1n) is 5.18. The summed E-state index contributed by atoms with van der Waals surface area (Å²) in [5.41, 5.74) is 4.93. The fourth-order valence-electron chi connectivity index (χ4n) is 1.23. The van der Waals surface area contributed by atoms with E-state index in [1.54, 1.807) is 12.3 Å². The van der Waals surface area contributed by atoms with Gasteiger partial charge in [0.15, 0.2) is 0 Å². The number of hydrogen-bond donors (Lipinski definition) is 2. The lowest BCUT2D eigenvalue weighted by molar-refractivity contribution is -0.120. The van der Waals surface area contributed by atoms with Gasteiger partial charge in [0.1, 0.15) is 0 Å². The van der Waals surface area contributed by atoms with Crippen molar-refractivity contribution in [2.45, 2.75) is 24.1 Å². The summed E-state index contributed by atoms with van der Waals surface area (Å²) < 4.78 is 0. The number of urea groups is 1. The van der Waals surface area contributed by atoms with Crippen LogP contribution in [0.25, 0.3) is 0 Å². The molecule has 1 unspecified atom stereocenters. The van der Waals surface area contributed by atoms with Crippen molar-refractivity contribution < 1.29 is 9.59 Å². The molecule has 1 heterocycles. The van der Waals surface area contributed by atoms with Crippen molar-refractivity contribution in [1.29, 1.82) is 0 Å². The molecule has 92 valence electrons. The zero-order valence-electron chi connectivity index (χ0n) is 9.71. The minimum absolute atomic E-state index is 0.0707. The highest BCUT2D eigenvalue weighted by Gasteiger charge is 2.24. The highest BCUT2D eigenvalue weighted by Crippen LogP contribution is 2.26. The minimum Gasteiger partial charge on any atom is -0.351 e. The number of nitrogens with two attached hydrogens (primary N) is 1. The standard InChI is InChI=1S/C11H15N3O2S/c1-7(2)9(10(15)14-11(12)16)17-8-5-3-4-6-13-8/h3-7,9H,1-2H3,(H3,12,14,15,16). The number of nitrogens with zero attached hydrogens (tertiary/aromatic N) is 1. The Morgan fingerprint density at radius 3 is 2.59 bits per heavy atom. The third-order valence-corrected chi connectivity index (χ3v) is 3.49. The number of hydrogen-bond acceptors (Lipinski definition) is 4. The Balaban J connectivity index is 2.73. The molecule has 0 aliphatic heterocycles. The summed E-state index contributed by atoms with van der Waals surface area (Å²) in [6.07, 6.45) is 1.66. The van der Waals surface area contributed by atoms with Crippen LogP contribution in [0.2, 0.25) is 0 Å². The number of imide groups is 1. The minimum atomic E-state index is -0.831. The quantitative estimate of drug-likeness (QED) is 0.794. The molecule has 0 saturated carbocycles. The van der Waals surface area contributed by atoms with E-state index in [0.29, 0.717) is 0 Å². The van der Waals surface area contributed by atoms with E-state index in [4.69, 9.17) is 5.73 Å². The number of nitrogens with one attached hydrogen (secondary N) is 1. The molecule has 1 rings (SSSR count). The monoisotopic (exact) mass is 253 g/mol. The van der Waals surface area contributed by atoms with Crippen LogP contribution in [0.5, 0.6) is 0 Å². The van der Waals surface area contributed by atoms with Crippen molar-refractivity contribution in [1.82, 2.24) is 10.3 Å². The molecule has 0 aromatic carbocycles. The van der Waals surface area contributed by atoms with Crippen LogP contribution in [0.15, 0.2) is 29.4 Å². The third kappa shape index (κ3) is 4.44. The van der Waals surface area contributed by atoms with Crippen molar-refractivity contribution in [3.8, 4) is 0 Å². The van der Waals surface area contributed by atoms with Gasteiger partial charge < -0.3 is 5.73 Å². The molecule has 3 N–H and O–H groups in total. The molecule has 0 aliphatic rings. The maximum Gasteiger partial charge on any atom is 0.318 e. The van der Waals surface area contributed by atoms with Gasteiger partial charge in [-0.1, -0.05) is 31.7 Å². The summed E-state index contributed by atoms with van der Waals surface area (Å²) in [6.45, 7) is 3.81. The Kier molecular flexibility index (Phi) is 4.96. The smallest absolute Gasteiger partial charge is 0.318 e. The highest BCUT2D eigenvalue weighted by atomic mass is 32.2. The Hall–Kier alpha value is -1.56. The zero-order valence-corrected chi connectivity index (χ0v) is 10.5. The van der Waals surface area contributed by atoms with E-state index in [1.807, 2.05) is 26.0 Å². The molecule has 0 spiro atoms. The number of amides is 3. The van der Waals surface area contributed by atoms with Gasteiger partial charge in [-0.2, -0.15) is 0 Å². The summed E-state index contributed by atoms with van der Waals surface area (Å²) in [6, 6.07) is 4.64. The molecule has 0 aliphatic carbocycles. The number of pyridine rings is 1. The molecule has 6 heteroatoms. The van der Waals surface area contributed by atoms with Crippen molar-refractivity contribution in [3.05, 3.63) is 24.4 Å². The van der Waals surface area contributed by atoms with Gasteiger partial charge >= 0.3 is 6.03 Å². The number of carbonyl (C=O) groups is 2. The third-order valence-electron chi connectivity index (χ3n) is 2.00. The van der Waals surface area contributed by atoms with Crippen molar-refractivity contribution in [2.24, 2.45) is 11.7 Å².